The Kier molecular flexibility index (Phi) is 7.59. The number of ether oxygens (including phenoxy) is 2. The van der Waals surface area contributed by atoms with E-state index in [0.717, 1.165) is 18.5 Å². The summed E-state index contributed by atoms with van der Waals surface area (Å²) in [5, 5.41) is 11.4. The van der Waals surface area contributed by atoms with Crippen LogP contribution >= 0.6 is 25.0 Å². The molecule has 0 aliphatic heterocycles. The number of nitro groups is 1. The first kappa shape index (κ1) is 19.8. The Morgan fingerprint density at radius 3 is 2.33 bits per heavy atom. The number of thiol groups is 1. The lowest BCUT2D eigenvalue weighted by molar-refractivity contribution is -0.544. The van der Waals surface area contributed by atoms with E-state index < -0.39 is 35.4 Å². The maximum absolute atomic E-state index is 11.9. The topological polar surface area (TPSA) is 99.0 Å². The molecule has 1 aromatic rings. The molecule has 0 aliphatic carbocycles. The Hall–Kier alpha value is -2.20. The highest BCUT2D eigenvalue weighted by Gasteiger charge is 2.37. The van der Waals surface area contributed by atoms with Crippen LogP contribution in [0, 0.1) is 16.0 Å². The summed E-state index contributed by atoms with van der Waals surface area (Å²) in [6, 6.07) is 8.03. The summed E-state index contributed by atoms with van der Waals surface area (Å²) in [4.78, 5) is 34.0. The van der Waals surface area contributed by atoms with E-state index in [1.807, 2.05) is 0 Å². The molecule has 8 nitrogen and oxygen atoms in total. The summed E-state index contributed by atoms with van der Waals surface area (Å²) in [7, 11) is 2.28. The second-order valence-corrected chi connectivity index (χ2v) is 5.46. The zero-order valence-corrected chi connectivity index (χ0v) is 14.7. The second kappa shape index (κ2) is 9.18. The number of nitrogens with zero attached hydrogens (tertiary/aromatic N) is 2. The molecule has 1 aromatic carbocycles. The van der Waals surface area contributed by atoms with Gasteiger partial charge in [0.15, 0.2) is 0 Å². The molecule has 0 bridgehead atoms. The molecule has 0 spiro atoms. The van der Waals surface area contributed by atoms with Gasteiger partial charge in [0, 0.05) is 5.56 Å². The average molecular weight is 372 g/mol. The molecule has 0 aliphatic rings. The number of methoxy groups -OCH3 is 2. The lowest BCUT2D eigenvalue weighted by Gasteiger charge is -2.26. The highest BCUT2D eigenvalue weighted by atomic mass is 32.1. The number of thiocarbonyl (C=S) groups is 1. The van der Waals surface area contributed by atoms with Gasteiger partial charge in [0.25, 0.3) is 0 Å². The molecule has 1 rings (SSSR count). The van der Waals surface area contributed by atoms with Crippen LogP contribution in [-0.2, 0) is 19.1 Å². The summed E-state index contributed by atoms with van der Waals surface area (Å²) in [5.41, 5.74) is 0.321. The molecule has 0 amide bonds. The molecular weight excluding hydrogens is 356 g/mol. The molecule has 0 aromatic heterocycles. The van der Waals surface area contributed by atoms with Gasteiger partial charge in [-0.25, -0.2) is 4.31 Å². The third-order valence-corrected chi connectivity index (χ3v) is 4.19. The van der Waals surface area contributed by atoms with Gasteiger partial charge < -0.3 is 9.47 Å². The molecule has 0 heterocycles. The fraction of sp³-hybridized carbons (Fsp3) is 0.357. The predicted molar refractivity (Wildman–Crippen MR) is 91.7 cm³/mol. The number of carbonyl (C=O) groups is 2. The molecule has 2 atom stereocenters. The summed E-state index contributed by atoms with van der Waals surface area (Å²) in [5.74, 6) is -2.73. The maximum atomic E-state index is 11.9. The number of rotatable bonds is 7. The summed E-state index contributed by atoms with van der Waals surface area (Å²) in [6.45, 7) is 0. The first-order valence-corrected chi connectivity index (χ1v) is 7.49. The SMILES string of the molecule is COC(=O)CC(C(=O)OC)C(=S)N(S)C(c1ccccc1)[N+](=O)[O-]. The maximum Gasteiger partial charge on any atom is 0.322 e. The first-order valence-electron chi connectivity index (χ1n) is 6.68. The Balaban J connectivity index is 3.12. The number of benzene rings is 1. The highest BCUT2D eigenvalue weighted by Crippen LogP contribution is 2.27. The van der Waals surface area contributed by atoms with Crippen molar-refractivity contribution in [2.24, 2.45) is 5.92 Å². The van der Waals surface area contributed by atoms with Gasteiger partial charge in [0.05, 0.1) is 25.6 Å². The Morgan fingerprint density at radius 1 is 1.29 bits per heavy atom. The molecule has 2 unspecified atom stereocenters. The zero-order chi connectivity index (χ0) is 18.3. The van der Waals surface area contributed by atoms with Crippen LogP contribution in [0.1, 0.15) is 18.2 Å². The normalized spacial score (nSPS) is 12.6. The average Bonchev–Trinajstić information content (AvgIpc) is 2.58. The summed E-state index contributed by atoms with van der Waals surface area (Å²) in [6.07, 6.45) is -1.83. The van der Waals surface area contributed by atoms with E-state index in [1.54, 1.807) is 18.2 Å². The molecule has 130 valence electrons. The van der Waals surface area contributed by atoms with Crippen molar-refractivity contribution in [1.82, 2.24) is 4.31 Å². The molecule has 0 N–H and O–H groups in total. The monoisotopic (exact) mass is 372 g/mol. The Bertz CT molecular complexity index is 625. The highest BCUT2D eigenvalue weighted by molar-refractivity contribution is 7.84. The summed E-state index contributed by atoms with van der Waals surface area (Å²) >= 11 is 9.22. The van der Waals surface area contributed by atoms with Crippen molar-refractivity contribution in [3.63, 3.8) is 0 Å². The Labute approximate surface area is 149 Å². The van der Waals surface area contributed by atoms with Gasteiger partial charge in [-0.2, -0.15) is 0 Å². The van der Waals surface area contributed by atoms with Crippen LogP contribution in [0.3, 0.4) is 0 Å². The van der Waals surface area contributed by atoms with Gasteiger partial charge >= 0.3 is 18.1 Å². The van der Waals surface area contributed by atoms with E-state index in [4.69, 9.17) is 12.2 Å². The molecule has 0 fully saturated rings. The third-order valence-electron chi connectivity index (χ3n) is 3.14. The Morgan fingerprint density at radius 2 is 1.88 bits per heavy atom. The third kappa shape index (κ3) is 4.90. The minimum atomic E-state index is -1.42. The standard InChI is InChI=1S/C14H16N2O6S2/c1-21-11(17)8-10(14(18)22-2)13(23)15(24)12(16(19)20)9-6-4-3-5-7-9/h3-7,10,12,24H,8H2,1-2H3. The van der Waals surface area contributed by atoms with Crippen LogP contribution in [-0.4, -0.2) is 40.4 Å². The lowest BCUT2D eigenvalue weighted by atomic mass is 10.0. The quantitative estimate of drug-likeness (QED) is 0.193. The van der Waals surface area contributed by atoms with Gasteiger partial charge in [0.1, 0.15) is 10.9 Å². The fourth-order valence-corrected chi connectivity index (χ4v) is 2.56. The molecule has 0 radical (unpaired) electrons. The van der Waals surface area contributed by atoms with E-state index >= 15 is 0 Å². The van der Waals surface area contributed by atoms with Crippen molar-refractivity contribution in [3.05, 3.63) is 46.0 Å². The molecular formula is C14H16N2O6S2. The molecule has 24 heavy (non-hydrogen) atoms. The largest absolute Gasteiger partial charge is 0.469 e. The number of hydrogen-bond acceptors (Lipinski definition) is 8. The fourth-order valence-electron chi connectivity index (χ4n) is 1.92. The minimum absolute atomic E-state index is 0.207. The van der Waals surface area contributed by atoms with Crippen molar-refractivity contribution in [2.45, 2.75) is 12.6 Å². The van der Waals surface area contributed by atoms with Crippen LogP contribution in [0.15, 0.2) is 30.3 Å². The van der Waals surface area contributed by atoms with E-state index in [9.17, 15) is 19.7 Å². The minimum Gasteiger partial charge on any atom is -0.469 e. The smallest absolute Gasteiger partial charge is 0.322 e. The second-order valence-electron chi connectivity index (χ2n) is 4.61. The zero-order valence-electron chi connectivity index (χ0n) is 12.9. The van der Waals surface area contributed by atoms with Crippen molar-refractivity contribution in [1.29, 1.82) is 0 Å². The van der Waals surface area contributed by atoms with Crippen LogP contribution < -0.4 is 0 Å². The number of hydrogen-bond donors (Lipinski definition) is 1. The van der Waals surface area contributed by atoms with E-state index in [-0.39, 0.29) is 4.99 Å². The van der Waals surface area contributed by atoms with Crippen molar-refractivity contribution in [2.75, 3.05) is 14.2 Å². The van der Waals surface area contributed by atoms with Crippen molar-refractivity contribution in [3.8, 4) is 0 Å². The van der Waals surface area contributed by atoms with E-state index in [0.29, 0.717) is 5.56 Å². The molecule has 0 saturated heterocycles. The van der Waals surface area contributed by atoms with Crippen molar-refractivity contribution < 1.29 is 24.0 Å². The van der Waals surface area contributed by atoms with E-state index in [2.05, 4.69) is 22.3 Å². The van der Waals surface area contributed by atoms with Gasteiger partial charge in [-0.3, -0.25) is 19.7 Å². The van der Waals surface area contributed by atoms with Crippen molar-refractivity contribution >= 4 is 42.0 Å². The van der Waals surface area contributed by atoms with Gasteiger partial charge in [0.2, 0.25) is 0 Å². The van der Waals surface area contributed by atoms with Crippen LogP contribution in [0.4, 0.5) is 0 Å². The molecule has 0 saturated carbocycles. The van der Waals surface area contributed by atoms with Crippen LogP contribution in [0.25, 0.3) is 0 Å². The van der Waals surface area contributed by atoms with Crippen LogP contribution in [0.5, 0.6) is 0 Å². The predicted octanol–water partition coefficient (Wildman–Crippen LogP) is 1.79. The lowest BCUT2D eigenvalue weighted by Crippen LogP contribution is -2.39. The van der Waals surface area contributed by atoms with Gasteiger partial charge in [-0.05, 0) is 0 Å². The van der Waals surface area contributed by atoms with Gasteiger partial charge in [-0.1, -0.05) is 55.4 Å². The number of carbonyl (C=O) groups excluding carboxylic acids is 2. The van der Waals surface area contributed by atoms with Crippen LogP contribution in [0.2, 0.25) is 0 Å². The first-order chi connectivity index (χ1) is 11.3. The van der Waals surface area contributed by atoms with Gasteiger partial charge in [-0.15, -0.1) is 0 Å². The van der Waals surface area contributed by atoms with E-state index in [1.165, 1.54) is 12.1 Å². The number of esters is 2. The summed E-state index contributed by atoms with van der Waals surface area (Å²) < 4.78 is 9.99. The molecule has 10 heteroatoms.